The number of ketones is 1. The Morgan fingerprint density at radius 3 is 2.60 bits per heavy atom. The zero-order valence-electron chi connectivity index (χ0n) is 11.4. The van der Waals surface area contributed by atoms with Crippen LogP contribution in [0.1, 0.15) is 15.9 Å². The van der Waals surface area contributed by atoms with Gasteiger partial charge in [-0.1, -0.05) is 29.8 Å². The Morgan fingerprint density at radius 1 is 1.15 bits per heavy atom. The number of hydrogen-bond acceptors (Lipinski definition) is 3. The molecule has 0 aliphatic rings. The highest BCUT2D eigenvalue weighted by Crippen LogP contribution is 2.24. The molecule has 2 aromatic rings. The van der Waals surface area contributed by atoms with Crippen LogP contribution in [0.15, 0.2) is 42.5 Å². The summed E-state index contributed by atoms with van der Waals surface area (Å²) < 4.78 is 10.7. The second-order valence-corrected chi connectivity index (χ2v) is 4.75. The van der Waals surface area contributed by atoms with Gasteiger partial charge in [0.1, 0.15) is 11.5 Å². The van der Waals surface area contributed by atoms with Crippen LogP contribution in [0.5, 0.6) is 11.5 Å². The van der Waals surface area contributed by atoms with Crippen molar-refractivity contribution < 1.29 is 14.3 Å². The third-order valence-corrected chi connectivity index (χ3v) is 3.17. The van der Waals surface area contributed by atoms with E-state index >= 15 is 0 Å². The predicted molar refractivity (Wildman–Crippen MR) is 79.0 cm³/mol. The molecule has 0 bridgehead atoms. The lowest BCUT2D eigenvalue weighted by Crippen LogP contribution is -2.13. The van der Waals surface area contributed by atoms with Gasteiger partial charge in [-0.05, 0) is 36.8 Å². The van der Waals surface area contributed by atoms with Gasteiger partial charge in [0, 0.05) is 0 Å². The fourth-order valence-electron chi connectivity index (χ4n) is 1.81. The average Bonchev–Trinajstić information content (AvgIpc) is 2.46. The molecular formula is C16H15ClO3. The van der Waals surface area contributed by atoms with Crippen molar-refractivity contribution in [3.05, 3.63) is 58.6 Å². The minimum atomic E-state index is -0.151. The monoisotopic (exact) mass is 290 g/mol. The number of rotatable bonds is 5. The largest absolute Gasteiger partial charge is 0.496 e. The van der Waals surface area contributed by atoms with Crippen molar-refractivity contribution in [3.8, 4) is 11.5 Å². The van der Waals surface area contributed by atoms with Gasteiger partial charge in [0.05, 0.1) is 17.7 Å². The van der Waals surface area contributed by atoms with Crippen LogP contribution in [-0.4, -0.2) is 19.5 Å². The number of carbonyl (C=O) groups is 1. The Bertz CT molecular complexity index is 623. The van der Waals surface area contributed by atoms with E-state index in [0.717, 1.165) is 5.56 Å². The zero-order valence-corrected chi connectivity index (χ0v) is 12.1. The molecule has 0 saturated heterocycles. The standard InChI is InChI=1S/C16H15ClO3/c1-11-7-8-12(16(9-11)19-2)14(18)10-20-15-6-4-3-5-13(15)17/h3-9H,10H2,1-2H3. The van der Waals surface area contributed by atoms with Crippen LogP contribution < -0.4 is 9.47 Å². The number of benzene rings is 2. The Morgan fingerprint density at radius 2 is 1.90 bits per heavy atom. The number of Topliss-reactive ketones (excluding diaryl/α,β-unsaturated/α-hetero) is 1. The van der Waals surface area contributed by atoms with Crippen LogP contribution in [0, 0.1) is 6.92 Å². The number of para-hydroxylation sites is 1. The van der Waals surface area contributed by atoms with Gasteiger partial charge in [0.15, 0.2) is 6.61 Å². The van der Waals surface area contributed by atoms with E-state index in [9.17, 15) is 4.79 Å². The van der Waals surface area contributed by atoms with E-state index in [-0.39, 0.29) is 12.4 Å². The number of hydrogen-bond donors (Lipinski definition) is 0. The average molecular weight is 291 g/mol. The van der Waals surface area contributed by atoms with E-state index in [1.807, 2.05) is 19.1 Å². The molecule has 3 nitrogen and oxygen atoms in total. The maximum atomic E-state index is 12.2. The van der Waals surface area contributed by atoms with Gasteiger partial charge in [0.25, 0.3) is 0 Å². The minimum absolute atomic E-state index is 0.0802. The molecule has 0 saturated carbocycles. The first kappa shape index (κ1) is 14.4. The van der Waals surface area contributed by atoms with Gasteiger partial charge in [-0.2, -0.15) is 0 Å². The van der Waals surface area contributed by atoms with Gasteiger partial charge >= 0.3 is 0 Å². The maximum Gasteiger partial charge on any atom is 0.203 e. The molecule has 4 heteroatoms. The number of methoxy groups -OCH3 is 1. The molecule has 2 rings (SSSR count). The van der Waals surface area contributed by atoms with Crippen molar-refractivity contribution in [1.29, 1.82) is 0 Å². The Kier molecular flexibility index (Phi) is 4.64. The van der Waals surface area contributed by atoms with Crippen LogP contribution >= 0.6 is 11.6 Å². The van der Waals surface area contributed by atoms with E-state index in [1.165, 1.54) is 0 Å². The first-order chi connectivity index (χ1) is 9.61. The summed E-state index contributed by atoms with van der Waals surface area (Å²) in [7, 11) is 1.54. The Hall–Kier alpha value is -2.00. The third-order valence-electron chi connectivity index (χ3n) is 2.85. The van der Waals surface area contributed by atoms with Gasteiger partial charge in [0.2, 0.25) is 5.78 Å². The highest BCUT2D eigenvalue weighted by molar-refractivity contribution is 6.32. The van der Waals surface area contributed by atoms with Crippen LogP contribution in [0.3, 0.4) is 0 Å². The molecule has 0 N–H and O–H groups in total. The van der Waals surface area contributed by atoms with E-state index in [4.69, 9.17) is 21.1 Å². The number of aryl methyl sites for hydroxylation is 1. The predicted octanol–water partition coefficient (Wildman–Crippen LogP) is 3.92. The molecular weight excluding hydrogens is 276 g/mol. The summed E-state index contributed by atoms with van der Waals surface area (Å²) in [6.07, 6.45) is 0. The number of ether oxygens (including phenoxy) is 2. The second kappa shape index (κ2) is 6.44. The third kappa shape index (κ3) is 3.31. The first-order valence-corrected chi connectivity index (χ1v) is 6.55. The normalized spacial score (nSPS) is 10.2. The van der Waals surface area contributed by atoms with Crippen LogP contribution in [0.25, 0.3) is 0 Å². The summed E-state index contributed by atoms with van der Waals surface area (Å²) in [5.74, 6) is 0.896. The van der Waals surface area contributed by atoms with Crippen molar-refractivity contribution in [2.45, 2.75) is 6.92 Å². The van der Waals surface area contributed by atoms with Crippen LogP contribution in [0.4, 0.5) is 0 Å². The summed E-state index contributed by atoms with van der Waals surface area (Å²) >= 11 is 5.97. The van der Waals surface area contributed by atoms with Gasteiger partial charge in [-0.3, -0.25) is 4.79 Å². The SMILES string of the molecule is COc1cc(C)ccc1C(=O)COc1ccccc1Cl. The second-order valence-electron chi connectivity index (χ2n) is 4.35. The summed E-state index contributed by atoms with van der Waals surface area (Å²) in [5, 5.41) is 0.483. The first-order valence-electron chi connectivity index (χ1n) is 6.17. The molecule has 20 heavy (non-hydrogen) atoms. The smallest absolute Gasteiger partial charge is 0.203 e. The van der Waals surface area contributed by atoms with Crippen LogP contribution in [-0.2, 0) is 0 Å². The van der Waals surface area contributed by atoms with E-state index in [0.29, 0.717) is 22.1 Å². The van der Waals surface area contributed by atoms with Crippen molar-refractivity contribution >= 4 is 17.4 Å². The quantitative estimate of drug-likeness (QED) is 0.783. The molecule has 0 radical (unpaired) electrons. The molecule has 0 atom stereocenters. The lowest BCUT2D eigenvalue weighted by molar-refractivity contribution is 0.0918. The minimum Gasteiger partial charge on any atom is -0.496 e. The van der Waals surface area contributed by atoms with Crippen molar-refractivity contribution in [2.24, 2.45) is 0 Å². The van der Waals surface area contributed by atoms with Crippen molar-refractivity contribution in [1.82, 2.24) is 0 Å². The zero-order chi connectivity index (χ0) is 14.5. The van der Waals surface area contributed by atoms with E-state index in [1.54, 1.807) is 37.4 Å². The highest BCUT2D eigenvalue weighted by Gasteiger charge is 2.13. The molecule has 0 heterocycles. The molecule has 0 unspecified atom stereocenters. The number of halogens is 1. The summed E-state index contributed by atoms with van der Waals surface area (Å²) in [6, 6.07) is 12.5. The van der Waals surface area contributed by atoms with Crippen molar-refractivity contribution in [3.63, 3.8) is 0 Å². The molecule has 0 aromatic heterocycles. The van der Waals surface area contributed by atoms with Crippen LogP contribution in [0.2, 0.25) is 5.02 Å². The molecule has 104 valence electrons. The van der Waals surface area contributed by atoms with Crippen molar-refractivity contribution in [2.75, 3.05) is 13.7 Å². The fraction of sp³-hybridized carbons (Fsp3) is 0.188. The van der Waals surface area contributed by atoms with Gasteiger partial charge in [-0.15, -0.1) is 0 Å². The summed E-state index contributed by atoms with van der Waals surface area (Å²) in [4.78, 5) is 12.2. The van der Waals surface area contributed by atoms with E-state index < -0.39 is 0 Å². The lowest BCUT2D eigenvalue weighted by Gasteiger charge is -2.10. The fourth-order valence-corrected chi connectivity index (χ4v) is 2.00. The summed E-state index contributed by atoms with van der Waals surface area (Å²) in [5.41, 5.74) is 1.54. The number of carbonyl (C=O) groups excluding carboxylic acids is 1. The highest BCUT2D eigenvalue weighted by atomic mass is 35.5. The van der Waals surface area contributed by atoms with Gasteiger partial charge < -0.3 is 9.47 Å². The Labute approximate surface area is 123 Å². The van der Waals surface area contributed by atoms with E-state index in [2.05, 4.69) is 0 Å². The summed E-state index contributed by atoms with van der Waals surface area (Å²) in [6.45, 7) is 1.86. The Balaban J connectivity index is 2.11. The van der Waals surface area contributed by atoms with Gasteiger partial charge in [-0.25, -0.2) is 0 Å². The molecule has 0 aliphatic heterocycles. The molecule has 0 amide bonds. The lowest BCUT2D eigenvalue weighted by atomic mass is 10.1. The molecule has 2 aromatic carbocycles. The molecule has 0 aliphatic carbocycles. The topological polar surface area (TPSA) is 35.5 Å². The molecule has 0 fully saturated rings. The molecule has 0 spiro atoms. The maximum absolute atomic E-state index is 12.2.